The standard InChI is InChI=1S/C29H26N2O5S/c32-29(33)25(13-6-10-20-8-2-1-3-9-20)31-28(21-11-7-17-30-19-21)37(34,35)22-15-16-27-24(18-22)23-12-4-5-14-26(23)36-27/h1-5,7-9,11-12,14-19,25,28,31H,6,10,13H2,(H,32,33). The van der Waals surface area contributed by atoms with E-state index in [1.807, 2.05) is 54.6 Å². The Morgan fingerprint density at radius 3 is 2.43 bits per heavy atom. The van der Waals surface area contributed by atoms with Gasteiger partial charge in [0.1, 0.15) is 22.6 Å². The first-order valence-electron chi connectivity index (χ1n) is 12.0. The third-order valence-electron chi connectivity index (χ3n) is 6.43. The van der Waals surface area contributed by atoms with Crippen molar-refractivity contribution in [2.45, 2.75) is 35.6 Å². The SMILES string of the molecule is O=C(O)C(CCCc1ccccc1)NC(c1cccnc1)S(=O)(=O)c1ccc2oc3ccccc3c2c1. The molecule has 2 unspecified atom stereocenters. The zero-order valence-electron chi connectivity index (χ0n) is 19.9. The number of furan rings is 1. The highest BCUT2D eigenvalue weighted by molar-refractivity contribution is 7.91. The number of pyridine rings is 1. The molecule has 188 valence electrons. The van der Waals surface area contributed by atoms with E-state index in [-0.39, 0.29) is 11.3 Å². The molecule has 0 spiro atoms. The lowest BCUT2D eigenvalue weighted by Crippen LogP contribution is -2.42. The van der Waals surface area contributed by atoms with Gasteiger partial charge in [0.25, 0.3) is 0 Å². The highest BCUT2D eigenvalue weighted by Crippen LogP contribution is 2.34. The van der Waals surface area contributed by atoms with Crippen LogP contribution in [0.2, 0.25) is 0 Å². The van der Waals surface area contributed by atoms with E-state index in [0.717, 1.165) is 10.9 Å². The molecule has 5 rings (SSSR count). The molecule has 2 heterocycles. The van der Waals surface area contributed by atoms with Crippen LogP contribution in [0.25, 0.3) is 21.9 Å². The topological polar surface area (TPSA) is 109 Å². The van der Waals surface area contributed by atoms with Gasteiger partial charge in [-0.25, -0.2) is 8.42 Å². The van der Waals surface area contributed by atoms with Gasteiger partial charge in [0.2, 0.25) is 0 Å². The molecule has 0 radical (unpaired) electrons. The van der Waals surface area contributed by atoms with Crippen molar-refractivity contribution in [1.29, 1.82) is 0 Å². The first-order chi connectivity index (χ1) is 17.9. The van der Waals surface area contributed by atoms with E-state index in [9.17, 15) is 18.3 Å². The van der Waals surface area contributed by atoms with E-state index >= 15 is 0 Å². The summed E-state index contributed by atoms with van der Waals surface area (Å²) < 4.78 is 33.8. The van der Waals surface area contributed by atoms with Crippen LogP contribution >= 0.6 is 0 Å². The Labute approximate surface area is 214 Å². The van der Waals surface area contributed by atoms with Crippen molar-refractivity contribution in [3.8, 4) is 0 Å². The number of carboxylic acids is 1. The van der Waals surface area contributed by atoms with Crippen LogP contribution in [-0.2, 0) is 21.1 Å². The smallest absolute Gasteiger partial charge is 0.320 e. The van der Waals surface area contributed by atoms with Crippen molar-refractivity contribution in [2.24, 2.45) is 0 Å². The van der Waals surface area contributed by atoms with Crippen LogP contribution in [0.4, 0.5) is 0 Å². The predicted molar refractivity (Wildman–Crippen MR) is 142 cm³/mol. The van der Waals surface area contributed by atoms with Gasteiger partial charge in [-0.05, 0) is 55.2 Å². The lowest BCUT2D eigenvalue weighted by Gasteiger charge is -2.24. The second-order valence-electron chi connectivity index (χ2n) is 8.90. The number of carbonyl (C=O) groups is 1. The van der Waals surface area contributed by atoms with E-state index < -0.39 is 27.2 Å². The van der Waals surface area contributed by atoms with Gasteiger partial charge in [-0.2, -0.15) is 0 Å². The Bertz CT molecular complexity index is 1630. The third kappa shape index (κ3) is 5.26. The molecule has 8 heteroatoms. The number of fused-ring (bicyclic) bond motifs is 3. The highest BCUT2D eigenvalue weighted by atomic mass is 32.2. The first-order valence-corrected chi connectivity index (χ1v) is 13.6. The number of para-hydroxylation sites is 1. The van der Waals surface area contributed by atoms with E-state index in [1.54, 1.807) is 30.5 Å². The molecule has 2 aromatic heterocycles. The lowest BCUT2D eigenvalue weighted by molar-refractivity contribution is -0.139. The summed E-state index contributed by atoms with van der Waals surface area (Å²) in [4.78, 5) is 16.3. The maximum absolute atomic E-state index is 14.0. The van der Waals surface area contributed by atoms with Crippen molar-refractivity contribution in [3.05, 3.63) is 108 Å². The largest absolute Gasteiger partial charge is 0.480 e. The second kappa shape index (κ2) is 10.5. The van der Waals surface area contributed by atoms with E-state index in [0.29, 0.717) is 35.0 Å². The van der Waals surface area contributed by atoms with Crippen molar-refractivity contribution >= 4 is 37.7 Å². The van der Waals surface area contributed by atoms with Crippen LogP contribution in [-0.4, -0.2) is 30.5 Å². The molecule has 7 nitrogen and oxygen atoms in total. The molecule has 0 aliphatic carbocycles. The number of hydrogen-bond donors (Lipinski definition) is 2. The average Bonchev–Trinajstić information content (AvgIpc) is 3.29. The molecule has 2 N–H and O–H groups in total. The minimum absolute atomic E-state index is 0.0707. The number of aryl methyl sites for hydroxylation is 1. The minimum atomic E-state index is -4.05. The maximum atomic E-state index is 14.0. The van der Waals surface area contributed by atoms with Crippen molar-refractivity contribution in [1.82, 2.24) is 10.3 Å². The lowest BCUT2D eigenvalue weighted by atomic mass is 10.0. The van der Waals surface area contributed by atoms with E-state index in [1.165, 1.54) is 12.3 Å². The number of carboxylic acid groups (broad SMARTS) is 1. The second-order valence-corrected chi connectivity index (χ2v) is 10.9. The third-order valence-corrected chi connectivity index (χ3v) is 8.37. The van der Waals surface area contributed by atoms with Crippen LogP contribution < -0.4 is 5.32 Å². The summed E-state index contributed by atoms with van der Waals surface area (Å²) in [6.45, 7) is 0. The number of sulfone groups is 1. The van der Waals surface area contributed by atoms with Gasteiger partial charge in [-0.3, -0.25) is 15.1 Å². The Morgan fingerprint density at radius 2 is 1.68 bits per heavy atom. The van der Waals surface area contributed by atoms with Crippen LogP contribution in [0.3, 0.4) is 0 Å². The monoisotopic (exact) mass is 514 g/mol. The molecule has 2 atom stereocenters. The summed E-state index contributed by atoms with van der Waals surface area (Å²) in [6.07, 6.45) is 4.54. The minimum Gasteiger partial charge on any atom is -0.480 e. The number of aliphatic carboxylic acids is 1. The first kappa shape index (κ1) is 24.7. The Kier molecular flexibility index (Phi) is 7.03. The molecule has 0 aliphatic heterocycles. The zero-order valence-corrected chi connectivity index (χ0v) is 20.8. The van der Waals surface area contributed by atoms with Gasteiger partial charge in [-0.1, -0.05) is 54.6 Å². The van der Waals surface area contributed by atoms with Gasteiger partial charge < -0.3 is 9.52 Å². The molecule has 0 saturated carbocycles. The molecule has 5 aromatic rings. The van der Waals surface area contributed by atoms with E-state index in [2.05, 4.69) is 10.3 Å². The fourth-order valence-corrected chi connectivity index (χ4v) is 6.18. The Hall–Kier alpha value is -4.01. The molecular formula is C29H26N2O5S. The summed E-state index contributed by atoms with van der Waals surface area (Å²) in [5.74, 6) is -1.10. The number of nitrogens with zero attached hydrogens (tertiary/aromatic N) is 1. The molecule has 0 aliphatic rings. The van der Waals surface area contributed by atoms with Crippen LogP contribution in [0.5, 0.6) is 0 Å². The molecule has 37 heavy (non-hydrogen) atoms. The fourth-order valence-electron chi connectivity index (χ4n) is 4.53. The fraction of sp³-hybridized carbons (Fsp3) is 0.172. The predicted octanol–water partition coefficient (Wildman–Crippen LogP) is 5.52. The van der Waals surface area contributed by atoms with E-state index in [4.69, 9.17) is 4.42 Å². The van der Waals surface area contributed by atoms with Crippen LogP contribution in [0, 0.1) is 0 Å². The zero-order chi connectivity index (χ0) is 25.8. The quantitative estimate of drug-likeness (QED) is 0.253. The van der Waals surface area contributed by atoms with Crippen molar-refractivity contribution in [3.63, 3.8) is 0 Å². The number of benzene rings is 3. The number of nitrogens with one attached hydrogen (secondary N) is 1. The van der Waals surface area contributed by atoms with Crippen LogP contribution in [0.1, 0.15) is 29.3 Å². The van der Waals surface area contributed by atoms with Gasteiger partial charge in [0.15, 0.2) is 9.84 Å². The number of hydrogen-bond acceptors (Lipinski definition) is 6. The van der Waals surface area contributed by atoms with Gasteiger partial charge in [0, 0.05) is 28.7 Å². The number of aromatic nitrogens is 1. The summed E-state index contributed by atoms with van der Waals surface area (Å²) >= 11 is 0. The van der Waals surface area contributed by atoms with Crippen molar-refractivity contribution < 1.29 is 22.7 Å². The summed E-state index contributed by atoms with van der Waals surface area (Å²) in [5.41, 5.74) is 2.71. The van der Waals surface area contributed by atoms with Gasteiger partial charge >= 0.3 is 5.97 Å². The molecule has 0 fully saturated rings. The molecule has 0 saturated heterocycles. The number of rotatable bonds is 10. The summed E-state index contributed by atoms with van der Waals surface area (Å²) in [5, 5.41) is 13.1. The summed E-state index contributed by atoms with van der Waals surface area (Å²) in [7, 11) is -4.05. The Morgan fingerprint density at radius 1 is 0.919 bits per heavy atom. The van der Waals surface area contributed by atoms with Gasteiger partial charge in [-0.15, -0.1) is 0 Å². The Balaban J connectivity index is 1.47. The van der Waals surface area contributed by atoms with Gasteiger partial charge in [0.05, 0.1) is 4.90 Å². The van der Waals surface area contributed by atoms with Crippen molar-refractivity contribution in [2.75, 3.05) is 0 Å². The molecular weight excluding hydrogens is 488 g/mol. The summed E-state index contributed by atoms with van der Waals surface area (Å²) in [6, 6.07) is 24.1. The molecule has 3 aromatic carbocycles. The average molecular weight is 515 g/mol. The maximum Gasteiger partial charge on any atom is 0.320 e. The molecule has 0 amide bonds. The highest BCUT2D eigenvalue weighted by Gasteiger charge is 2.33. The van der Waals surface area contributed by atoms with Crippen LogP contribution in [0.15, 0.2) is 107 Å². The molecule has 0 bridgehead atoms. The normalized spacial score (nSPS) is 13.5.